The van der Waals surface area contributed by atoms with Gasteiger partial charge in [-0.1, -0.05) is 17.3 Å². The van der Waals surface area contributed by atoms with Gasteiger partial charge in [0.15, 0.2) is 5.58 Å². The van der Waals surface area contributed by atoms with Gasteiger partial charge in [-0.2, -0.15) is 0 Å². The van der Waals surface area contributed by atoms with Crippen molar-refractivity contribution < 1.29 is 17.7 Å². The zero-order chi connectivity index (χ0) is 21.3. The first-order valence-electron chi connectivity index (χ1n) is 9.78. The molecule has 1 fully saturated rings. The number of rotatable bonds is 5. The summed E-state index contributed by atoms with van der Waals surface area (Å²) in [4.78, 5) is 16.8. The summed E-state index contributed by atoms with van der Waals surface area (Å²) in [6, 6.07) is 13.9. The van der Waals surface area contributed by atoms with Crippen molar-refractivity contribution in [3.63, 3.8) is 0 Å². The molecule has 8 nitrogen and oxygen atoms in total. The molecule has 3 aromatic rings. The Kier molecular flexibility index (Phi) is 5.59. The van der Waals surface area contributed by atoms with E-state index in [1.54, 1.807) is 0 Å². The molecule has 1 aliphatic rings. The molecular formula is C21H24N4O4S. The molecule has 9 heteroatoms. The number of likely N-dealkylation sites (tertiary alicyclic amines) is 1. The quantitative estimate of drug-likeness (QED) is 0.667. The summed E-state index contributed by atoms with van der Waals surface area (Å²) in [7, 11) is -1.70. The van der Waals surface area contributed by atoms with Gasteiger partial charge in [0.05, 0.1) is 4.90 Å². The van der Waals surface area contributed by atoms with Gasteiger partial charge in [-0.25, -0.2) is 13.6 Å². The lowest BCUT2D eigenvalue weighted by atomic mass is 10.0. The summed E-state index contributed by atoms with van der Waals surface area (Å²) in [5.74, 6) is -0.0976. The predicted octanol–water partition coefficient (Wildman–Crippen LogP) is 2.21. The number of amides is 1. The molecule has 30 heavy (non-hydrogen) atoms. The fourth-order valence-electron chi connectivity index (χ4n) is 3.90. The minimum Gasteiger partial charge on any atom is -0.356 e. The second-order valence-electron chi connectivity index (χ2n) is 7.63. The van der Waals surface area contributed by atoms with Gasteiger partial charge in [-0.05, 0) is 56.3 Å². The Morgan fingerprint density at radius 1 is 1.17 bits per heavy atom. The van der Waals surface area contributed by atoms with E-state index in [2.05, 4.69) is 17.1 Å². The Balaban J connectivity index is 1.35. The highest BCUT2D eigenvalue weighted by Crippen LogP contribution is 2.23. The zero-order valence-corrected chi connectivity index (χ0v) is 17.5. The van der Waals surface area contributed by atoms with Gasteiger partial charge in [0.2, 0.25) is 10.0 Å². The number of hydrogen-bond acceptors (Lipinski definition) is 6. The summed E-state index contributed by atoms with van der Waals surface area (Å²) in [5.41, 5.74) is 2.17. The molecule has 4 rings (SSSR count). The lowest BCUT2D eigenvalue weighted by Crippen LogP contribution is -2.45. The Labute approximate surface area is 175 Å². The van der Waals surface area contributed by atoms with Crippen LogP contribution in [0.1, 0.15) is 28.9 Å². The first kappa shape index (κ1) is 20.5. The van der Waals surface area contributed by atoms with E-state index in [0.29, 0.717) is 31.2 Å². The number of aromatic nitrogens is 1. The Hall–Kier alpha value is -2.75. The van der Waals surface area contributed by atoms with E-state index in [0.717, 1.165) is 29.5 Å². The van der Waals surface area contributed by atoms with Crippen LogP contribution in [-0.2, 0) is 16.6 Å². The molecule has 1 aliphatic heterocycles. The van der Waals surface area contributed by atoms with E-state index in [9.17, 15) is 13.2 Å². The lowest BCUT2D eigenvalue weighted by molar-refractivity contribution is 0.0638. The van der Waals surface area contributed by atoms with Crippen molar-refractivity contribution in [3.05, 3.63) is 59.8 Å². The summed E-state index contributed by atoms with van der Waals surface area (Å²) < 4.78 is 28.1. The normalized spacial score (nSPS) is 15.8. The number of nitrogens with two attached hydrogens (primary N) is 1. The lowest BCUT2D eigenvalue weighted by Gasteiger charge is -2.36. The largest absolute Gasteiger partial charge is 0.356 e. The van der Waals surface area contributed by atoms with Crippen LogP contribution in [0.15, 0.2) is 57.9 Å². The van der Waals surface area contributed by atoms with E-state index >= 15 is 0 Å². The maximum Gasteiger partial charge on any atom is 0.253 e. The zero-order valence-electron chi connectivity index (χ0n) is 16.7. The molecule has 0 bridgehead atoms. The monoisotopic (exact) mass is 428 g/mol. The molecule has 2 aromatic carbocycles. The molecule has 1 saturated heterocycles. The number of primary sulfonamides is 1. The van der Waals surface area contributed by atoms with E-state index in [1.807, 2.05) is 29.2 Å². The van der Waals surface area contributed by atoms with Gasteiger partial charge in [0, 0.05) is 36.6 Å². The number of nitrogens with zero attached hydrogens (tertiary/aromatic N) is 3. The Morgan fingerprint density at radius 2 is 1.83 bits per heavy atom. The second kappa shape index (κ2) is 8.17. The molecule has 2 N–H and O–H groups in total. The summed E-state index contributed by atoms with van der Waals surface area (Å²) in [5, 5.41) is 10.3. The minimum absolute atomic E-state index is 0.000219. The van der Waals surface area contributed by atoms with Gasteiger partial charge in [0.25, 0.3) is 5.91 Å². The van der Waals surface area contributed by atoms with Gasteiger partial charge in [-0.3, -0.25) is 9.69 Å². The van der Waals surface area contributed by atoms with E-state index in [4.69, 9.17) is 9.66 Å². The second-order valence-corrected chi connectivity index (χ2v) is 9.19. The van der Waals surface area contributed by atoms with Crippen molar-refractivity contribution in [3.8, 4) is 0 Å². The van der Waals surface area contributed by atoms with Crippen LogP contribution in [0.2, 0.25) is 0 Å². The number of carbonyl (C=O) groups excluding carboxylic acids is 1. The van der Waals surface area contributed by atoms with Crippen LogP contribution in [-0.4, -0.2) is 55.5 Å². The van der Waals surface area contributed by atoms with Crippen LogP contribution >= 0.6 is 0 Å². The number of benzene rings is 2. The highest BCUT2D eigenvalue weighted by atomic mass is 32.2. The summed E-state index contributed by atoms with van der Waals surface area (Å²) in [6.45, 7) is 1.97. The third kappa shape index (κ3) is 4.23. The van der Waals surface area contributed by atoms with Crippen LogP contribution in [0, 0.1) is 0 Å². The van der Waals surface area contributed by atoms with Crippen molar-refractivity contribution in [2.24, 2.45) is 5.14 Å². The summed E-state index contributed by atoms with van der Waals surface area (Å²) in [6.07, 6.45) is 1.71. The third-order valence-electron chi connectivity index (χ3n) is 5.66. The van der Waals surface area contributed by atoms with E-state index in [1.165, 1.54) is 24.3 Å². The van der Waals surface area contributed by atoms with Crippen LogP contribution in [0.25, 0.3) is 11.0 Å². The Morgan fingerprint density at radius 3 is 2.50 bits per heavy atom. The van der Waals surface area contributed by atoms with Crippen molar-refractivity contribution in [1.82, 2.24) is 15.0 Å². The molecular weight excluding hydrogens is 404 g/mol. The first-order chi connectivity index (χ1) is 14.3. The van der Waals surface area contributed by atoms with E-state index in [-0.39, 0.29) is 10.8 Å². The number of carbonyl (C=O) groups is 1. The van der Waals surface area contributed by atoms with Crippen molar-refractivity contribution in [1.29, 1.82) is 0 Å². The molecule has 0 unspecified atom stereocenters. The number of sulfonamides is 1. The number of piperidine rings is 1. The molecule has 1 amide bonds. The average Bonchev–Trinajstić information content (AvgIpc) is 3.16. The van der Waals surface area contributed by atoms with E-state index < -0.39 is 10.0 Å². The van der Waals surface area contributed by atoms with Gasteiger partial charge in [0.1, 0.15) is 5.69 Å². The van der Waals surface area contributed by atoms with Crippen LogP contribution in [0.4, 0.5) is 0 Å². The minimum atomic E-state index is -3.76. The molecule has 2 heterocycles. The highest BCUT2D eigenvalue weighted by molar-refractivity contribution is 7.89. The maximum absolute atomic E-state index is 12.7. The fourth-order valence-corrected chi connectivity index (χ4v) is 4.41. The molecule has 0 saturated carbocycles. The smallest absolute Gasteiger partial charge is 0.253 e. The number of hydrogen-bond donors (Lipinski definition) is 1. The molecule has 0 radical (unpaired) electrons. The predicted molar refractivity (Wildman–Crippen MR) is 112 cm³/mol. The topological polar surface area (TPSA) is 110 Å². The van der Waals surface area contributed by atoms with Crippen molar-refractivity contribution in [2.75, 3.05) is 20.1 Å². The first-order valence-corrected chi connectivity index (χ1v) is 11.3. The molecule has 0 atom stereocenters. The van der Waals surface area contributed by atoms with Crippen LogP contribution < -0.4 is 5.14 Å². The molecule has 158 valence electrons. The Bertz CT molecular complexity index is 1150. The molecule has 0 spiro atoms. The average molecular weight is 429 g/mol. The third-order valence-corrected chi connectivity index (χ3v) is 6.59. The van der Waals surface area contributed by atoms with Crippen molar-refractivity contribution in [2.45, 2.75) is 30.3 Å². The SMILES string of the molecule is CN(Cc1noc2ccccc12)C1CCN(C(=O)c2ccc(S(N)(=O)=O)cc2)CC1. The number of fused-ring (bicyclic) bond motifs is 1. The molecule has 1 aromatic heterocycles. The standard InChI is InChI=1S/C21H24N4O4S/c1-24(14-19-18-4-2-3-5-20(18)29-23-19)16-10-12-25(13-11-16)21(26)15-6-8-17(9-7-15)30(22,27)28/h2-9,16H,10-14H2,1H3,(H2,22,27,28). The fraction of sp³-hybridized carbons (Fsp3) is 0.333. The van der Waals surface area contributed by atoms with Crippen molar-refractivity contribution >= 4 is 26.9 Å². The van der Waals surface area contributed by atoms with Crippen LogP contribution in [0.3, 0.4) is 0 Å². The maximum atomic E-state index is 12.7. The summed E-state index contributed by atoms with van der Waals surface area (Å²) >= 11 is 0. The van der Waals surface area contributed by atoms with Gasteiger partial charge in [-0.15, -0.1) is 0 Å². The molecule has 0 aliphatic carbocycles. The highest BCUT2D eigenvalue weighted by Gasteiger charge is 2.27. The van der Waals surface area contributed by atoms with Gasteiger partial charge < -0.3 is 9.42 Å². The van der Waals surface area contributed by atoms with Crippen LogP contribution in [0.5, 0.6) is 0 Å². The van der Waals surface area contributed by atoms with Gasteiger partial charge >= 0.3 is 0 Å². The number of para-hydroxylation sites is 1.